The number of rotatable bonds is 7. The molecule has 0 aliphatic carbocycles. The number of aromatic amines is 1. The van der Waals surface area contributed by atoms with Crippen molar-refractivity contribution in [1.82, 2.24) is 9.97 Å². The van der Waals surface area contributed by atoms with Gasteiger partial charge in [0, 0.05) is 17.1 Å². The number of benzene rings is 2. The molecule has 0 bridgehead atoms. The number of carbonyl (C=O) groups excluding carboxylic acids is 1. The lowest BCUT2D eigenvalue weighted by atomic mass is 10.0. The fourth-order valence-corrected chi connectivity index (χ4v) is 3.56. The predicted molar refractivity (Wildman–Crippen MR) is 121 cm³/mol. The fraction of sp³-hybridized carbons (Fsp3) is 0.227. The number of halogens is 1. The zero-order chi connectivity index (χ0) is 21.7. The van der Waals surface area contributed by atoms with E-state index in [9.17, 15) is 14.7 Å². The van der Waals surface area contributed by atoms with Gasteiger partial charge in [-0.3, -0.25) is 9.59 Å². The Balaban J connectivity index is 1.60. The predicted octanol–water partition coefficient (Wildman–Crippen LogP) is 4.57. The quantitative estimate of drug-likeness (QED) is 0.367. The number of thioether (sulfide) groups is 1. The van der Waals surface area contributed by atoms with Crippen molar-refractivity contribution in [3.8, 4) is 5.88 Å². The number of anilines is 1. The van der Waals surface area contributed by atoms with Gasteiger partial charge in [0.05, 0.1) is 11.3 Å². The highest BCUT2D eigenvalue weighted by atomic mass is 35.5. The highest BCUT2D eigenvalue weighted by Crippen LogP contribution is 2.21. The average molecular weight is 444 g/mol. The van der Waals surface area contributed by atoms with Crippen molar-refractivity contribution in [3.63, 3.8) is 0 Å². The number of hydrogen-bond donors (Lipinski definition) is 3. The molecular weight excluding hydrogens is 422 g/mol. The summed E-state index contributed by atoms with van der Waals surface area (Å²) in [7, 11) is 0. The molecule has 0 fully saturated rings. The van der Waals surface area contributed by atoms with Crippen molar-refractivity contribution in [1.29, 1.82) is 0 Å². The van der Waals surface area contributed by atoms with Crippen LogP contribution in [0.3, 0.4) is 0 Å². The third-order valence-electron chi connectivity index (χ3n) is 4.47. The lowest BCUT2D eigenvalue weighted by Gasteiger charge is -2.09. The van der Waals surface area contributed by atoms with Crippen LogP contribution >= 0.6 is 23.4 Å². The number of nitrogens with zero attached hydrogens (tertiary/aromatic N) is 1. The van der Waals surface area contributed by atoms with Crippen LogP contribution in [0, 0.1) is 0 Å². The van der Waals surface area contributed by atoms with Crippen LogP contribution in [0.4, 0.5) is 5.69 Å². The summed E-state index contributed by atoms with van der Waals surface area (Å²) < 4.78 is 0. The molecule has 0 aliphatic heterocycles. The van der Waals surface area contributed by atoms with Crippen LogP contribution in [0.15, 0.2) is 58.5 Å². The van der Waals surface area contributed by atoms with Crippen LogP contribution in [0.2, 0.25) is 5.02 Å². The van der Waals surface area contributed by atoms with E-state index in [2.05, 4.69) is 29.1 Å². The molecule has 0 aliphatic rings. The number of amides is 1. The Bertz CT molecular complexity index is 1080. The lowest BCUT2D eigenvalue weighted by molar-refractivity contribution is -0.113. The van der Waals surface area contributed by atoms with Crippen LogP contribution in [-0.4, -0.2) is 26.7 Å². The van der Waals surface area contributed by atoms with E-state index in [1.54, 1.807) is 24.3 Å². The van der Waals surface area contributed by atoms with Gasteiger partial charge in [0.25, 0.3) is 5.56 Å². The van der Waals surface area contributed by atoms with Gasteiger partial charge in [-0.25, -0.2) is 0 Å². The summed E-state index contributed by atoms with van der Waals surface area (Å²) in [6.07, 6.45) is 0.225. The van der Waals surface area contributed by atoms with Crippen LogP contribution < -0.4 is 10.9 Å². The maximum Gasteiger partial charge on any atom is 0.258 e. The molecule has 30 heavy (non-hydrogen) atoms. The van der Waals surface area contributed by atoms with Crippen LogP contribution in [0.25, 0.3) is 0 Å². The molecule has 3 aromatic rings. The van der Waals surface area contributed by atoms with E-state index in [0.29, 0.717) is 16.6 Å². The van der Waals surface area contributed by atoms with Crippen molar-refractivity contribution >= 4 is 35.0 Å². The van der Waals surface area contributed by atoms with E-state index < -0.39 is 5.56 Å². The Kier molecular flexibility index (Phi) is 7.18. The summed E-state index contributed by atoms with van der Waals surface area (Å²) in [5.41, 5.74) is 2.44. The summed E-state index contributed by atoms with van der Waals surface area (Å²) in [6.45, 7) is 4.21. The molecule has 8 heteroatoms. The first-order chi connectivity index (χ1) is 14.3. The Morgan fingerprint density at radius 1 is 1.17 bits per heavy atom. The van der Waals surface area contributed by atoms with E-state index in [1.807, 2.05) is 24.3 Å². The second kappa shape index (κ2) is 9.82. The number of carbonyl (C=O) groups is 1. The van der Waals surface area contributed by atoms with E-state index >= 15 is 0 Å². The molecule has 0 radical (unpaired) electrons. The molecule has 0 saturated carbocycles. The minimum absolute atomic E-state index is 0.0465. The summed E-state index contributed by atoms with van der Waals surface area (Å²) in [5, 5.41) is 13.8. The average Bonchev–Trinajstić information content (AvgIpc) is 2.71. The van der Waals surface area contributed by atoms with Gasteiger partial charge in [0.2, 0.25) is 11.8 Å². The minimum atomic E-state index is -0.440. The maximum absolute atomic E-state index is 12.4. The maximum atomic E-state index is 12.4. The van der Waals surface area contributed by atoms with Crippen LogP contribution in [0.1, 0.15) is 36.5 Å². The molecule has 1 amide bonds. The Labute approximate surface area is 183 Å². The Morgan fingerprint density at radius 3 is 2.43 bits per heavy atom. The van der Waals surface area contributed by atoms with Gasteiger partial charge >= 0.3 is 0 Å². The second-order valence-electron chi connectivity index (χ2n) is 7.09. The summed E-state index contributed by atoms with van der Waals surface area (Å²) in [5.74, 6) is -0.112. The molecule has 2 aromatic carbocycles. The molecule has 0 atom stereocenters. The minimum Gasteiger partial charge on any atom is -0.493 e. The van der Waals surface area contributed by atoms with Gasteiger partial charge in [0.15, 0.2) is 5.16 Å². The number of H-pyrrole nitrogens is 1. The van der Waals surface area contributed by atoms with E-state index in [-0.39, 0.29) is 34.7 Å². The van der Waals surface area contributed by atoms with Gasteiger partial charge < -0.3 is 15.4 Å². The largest absolute Gasteiger partial charge is 0.493 e. The van der Waals surface area contributed by atoms with Gasteiger partial charge in [-0.1, -0.05) is 61.5 Å². The van der Waals surface area contributed by atoms with Crippen molar-refractivity contribution < 1.29 is 9.90 Å². The molecule has 0 saturated heterocycles. The monoisotopic (exact) mass is 443 g/mol. The van der Waals surface area contributed by atoms with Gasteiger partial charge in [0.1, 0.15) is 0 Å². The van der Waals surface area contributed by atoms with Crippen molar-refractivity contribution in [2.45, 2.75) is 31.3 Å². The molecule has 0 spiro atoms. The Morgan fingerprint density at radius 2 is 1.83 bits per heavy atom. The van der Waals surface area contributed by atoms with Crippen LogP contribution in [0.5, 0.6) is 5.88 Å². The molecule has 3 N–H and O–H groups in total. The summed E-state index contributed by atoms with van der Waals surface area (Å²) in [6, 6.07) is 14.7. The first-order valence-electron chi connectivity index (χ1n) is 9.41. The molecule has 6 nitrogen and oxygen atoms in total. The lowest BCUT2D eigenvalue weighted by Crippen LogP contribution is -2.17. The molecular formula is C22H22ClN3O3S. The number of nitrogens with one attached hydrogen (secondary N) is 2. The smallest absolute Gasteiger partial charge is 0.258 e. The summed E-state index contributed by atoms with van der Waals surface area (Å²) in [4.78, 5) is 31.2. The normalized spacial score (nSPS) is 10.9. The molecule has 3 rings (SSSR count). The standard InChI is InChI=1S/C22H22ClN3O3S/c1-13(2)15-5-9-17(10-6-15)24-19(27)12-30-22-25-20(28)18(21(29)26-22)11-14-3-7-16(23)8-4-14/h3-10,13H,11-12H2,1-2H3,(H,24,27)(H2,25,26,28,29). The molecule has 1 aromatic heterocycles. The van der Waals surface area contributed by atoms with Crippen LogP contribution in [-0.2, 0) is 11.2 Å². The third kappa shape index (κ3) is 5.87. The SMILES string of the molecule is CC(C)c1ccc(NC(=O)CSc2nc(O)c(Cc3ccc(Cl)cc3)c(=O)[nH]2)cc1. The first kappa shape index (κ1) is 21.9. The van der Waals surface area contributed by atoms with Crippen molar-refractivity contribution in [2.24, 2.45) is 0 Å². The van der Waals surface area contributed by atoms with Gasteiger partial charge in [-0.15, -0.1) is 0 Å². The zero-order valence-electron chi connectivity index (χ0n) is 16.6. The van der Waals surface area contributed by atoms with Crippen molar-refractivity contribution in [2.75, 3.05) is 11.1 Å². The van der Waals surface area contributed by atoms with E-state index in [4.69, 9.17) is 11.6 Å². The molecule has 1 heterocycles. The number of aromatic nitrogens is 2. The summed E-state index contributed by atoms with van der Waals surface area (Å²) >= 11 is 6.91. The van der Waals surface area contributed by atoms with Crippen molar-refractivity contribution in [3.05, 3.63) is 80.6 Å². The highest BCUT2D eigenvalue weighted by molar-refractivity contribution is 7.99. The zero-order valence-corrected chi connectivity index (χ0v) is 18.2. The highest BCUT2D eigenvalue weighted by Gasteiger charge is 2.13. The Hall–Kier alpha value is -2.77. The molecule has 156 valence electrons. The third-order valence-corrected chi connectivity index (χ3v) is 5.59. The first-order valence-corrected chi connectivity index (χ1v) is 10.8. The number of aromatic hydroxyl groups is 1. The topological polar surface area (TPSA) is 95.1 Å². The number of hydrogen-bond acceptors (Lipinski definition) is 5. The van der Waals surface area contributed by atoms with Gasteiger partial charge in [-0.2, -0.15) is 4.98 Å². The second-order valence-corrected chi connectivity index (χ2v) is 8.49. The fourth-order valence-electron chi connectivity index (χ4n) is 2.78. The van der Waals surface area contributed by atoms with E-state index in [1.165, 1.54) is 5.56 Å². The molecule has 0 unspecified atom stereocenters. The van der Waals surface area contributed by atoms with Gasteiger partial charge in [-0.05, 0) is 41.3 Å². The van der Waals surface area contributed by atoms with E-state index in [0.717, 1.165) is 17.3 Å².